The molecule has 12 heavy (non-hydrogen) atoms. The lowest BCUT2D eigenvalue weighted by Gasteiger charge is -2.34. The van der Waals surface area contributed by atoms with Crippen molar-refractivity contribution in [1.29, 1.82) is 0 Å². The van der Waals surface area contributed by atoms with E-state index >= 15 is 0 Å². The summed E-state index contributed by atoms with van der Waals surface area (Å²) in [6.45, 7) is 0. The third-order valence-corrected chi connectivity index (χ3v) is 2.49. The summed E-state index contributed by atoms with van der Waals surface area (Å²) in [6, 6.07) is 9.88. The zero-order valence-electron chi connectivity index (χ0n) is 6.40. The van der Waals surface area contributed by atoms with E-state index in [1.807, 2.05) is 30.3 Å². The molecule has 1 unspecified atom stereocenters. The van der Waals surface area contributed by atoms with Crippen molar-refractivity contribution >= 4 is 17.7 Å². The summed E-state index contributed by atoms with van der Waals surface area (Å²) < 4.78 is 1.26. The molecule has 0 radical (unpaired) electrons. The van der Waals surface area contributed by atoms with Crippen molar-refractivity contribution in [1.82, 2.24) is 4.42 Å². The summed E-state index contributed by atoms with van der Waals surface area (Å²) >= 11 is 5.68. The fourth-order valence-corrected chi connectivity index (χ4v) is 1.57. The second-order valence-electron chi connectivity index (χ2n) is 2.84. The number of hydrogen-bond acceptors (Lipinski definition) is 1. The Hall–Kier alpha value is -1.02. The monoisotopic (exact) mass is 181 g/mol. The maximum absolute atomic E-state index is 10.8. The van der Waals surface area contributed by atoms with Gasteiger partial charge in [-0.05, 0) is 5.56 Å². The molecular weight excluding hydrogens is 174 g/mol. The van der Waals surface area contributed by atoms with Crippen LogP contribution < -0.4 is 0 Å². The summed E-state index contributed by atoms with van der Waals surface area (Å²) in [4.78, 5) is 10.8. The zero-order chi connectivity index (χ0) is 8.55. The number of hydrogen-bond donors (Lipinski definition) is 0. The van der Waals surface area contributed by atoms with Crippen LogP contribution in [0.4, 0.5) is 0 Å². The van der Waals surface area contributed by atoms with Crippen molar-refractivity contribution in [3.8, 4) is 0 Å². The average molecular weight is 182 g/mol. The Balaban J connectivity index is 2.18. The maximum Gasteiger partial charge on any atom is 0.239 e. The SMILES string of the molecule is O=C1CC(c2ccccc2)N1Cl. The number of carbonyl (C=O) groups is 1. The van der Waals surface area contributed by atoms with Crippen LogP contribution >= 0.6 is 11.8 Å². The van der Waals surface area contributed by atoms with E-state index < -0.39 is 0 Å². The van der Waals surface area contributed by atoms with E-state index in [0.29, 0.717) is 6.42 Å². The summed E-state index contributed by atoms with van der Waals surface area (Å²) in [7, 11) is 0. The molecular formula is C9H8ClNO. The third kappa shape index (κ3) is 1.08. The van der Waals surface area contributed by atoms with Crippen LogP contribution in [0.2, 0.25) is 0 Å². The smallest absolute Gasteiger partial charge is 0.239 e. The molecule has 0 aromatic heterocycles. The third-order valence-electron chi connectivity index (χ3n) is 2.06. The number of amides is 1. The molecule has 3 heteroatoms. The van der Waals surface area contributed by atoms with Crippen molar-refractivity contribution < 1.29 is 4.79 Å². The van der Waals surface area contributed by atoms with Crippen molar-refractivity contribution in [3.63, 3.8) is 0 Å². The van der Waals surface area contributed by atoms with E-state index in [2.05, 4.69) is 0 Å². The molecule has 1 aliphatic rings. The van der Waals surface area contributed by atoms with E-state index in [0.717, 1.165) is 5.56 Å². The first-order valence-corrected chi connectivity index (χ1v) is 4.15. The molecule has 2 nitrogen and oxygen atoms in total. The zero-order valence-corrected chi connectivity index (χ0v) is 7.16. The van der Waals surface area contributed by atoms with Gasteiger partial charge >= 0.3 is 0 Å². The van der Waals surface area contributed by atoms with Gasteiger partial charge in [0.25, 0.3) is 0 Å². The molecule has 0 N–H and O–H groups in total. The van der Waals surface area contributed by atoms with Gasteiger partial charge in [-0.1, -0.05) is 30.3 Å². The Labute approximate surface area is 75.9 Å². The molecule has 1 heterocycles. The van der Waals surface area contributed by atoms with Crippen molar-refractivity contribution in [2.45, 2.75) is 12.5 Å². The molecule has 0 bridgehead atoms. The van der Waals surface area contributed by atoms with Crippen LogP contribution in [-0.4, -0.2) is 10.3 Å². The molecule has 1 aliphatic heterocycles. The summed E-state index contributed by atoms with van der Waals surface area (Å²) in [6.07, 6.45) is 0.535. The molecule has 1 atom stereocenters. The van der Waals surface area contributed by atoms with Gasteiger partial charge < -0.3 is 0 Å². The molecule has 1 aromatic carbocycles. The number of β-lactam (4-membered cyclic amide) rings is 1. The van der Waals surface area contributed by atoms with Gasteiger partial charge in [0.2, 0.25) is 5.91 Å². The van der Waals surface area contributed by atoms with Crippen LogP contribution in [0.1, 0.15) is 18.0 Å². The average Bonchev–Trinajstić information content (AvgIpc) is 2.15. The number of rotatable bonds is 1. The molecule has 62 valence electrons. The summed E-state index contributed by atoms with van der Waals surface area (Å²) in [5.41, 5.74) is 1.10. The van der Waals surface area contributed by atoms with Crippen LogP contribution in [0.15, 0.2) is 30.3 Å². The standard InChI is InChI=1S/C9H8ClNO/c10-11-8(6-9(11)12)7-4-2-1-3-5-7/h1-5,8H,6H2. The number of benzene rings is 1. The first kappa shape index (κ1) is 7.62. The van der Waals surface area contributed by atoms with Gasteiger partial charge in [-0.3, -0.25) is 4.79 Å². The highest BCUT2D eigenvalue weighted by molar-refractivity contribution is 6.23. The van der Waals surface area contributed by atoms with Gasteiger partial charge in [-0.25, -0.2) is 4.42 Å². The summed E-state index contributed by atoms with van der Waals surface area (Å²) in [5, 5.41) is 0. The molecule has 0 saturated carbocycles. The van der Waals surface area contributed by atoms with Gasteiger partial charge in [-0.15, -0.1) is 0 Å². The largest absolute Gasteiger partial charge is 0.273 e. The number of halogens is 1. The normalized spacial score (nSPS) is 22.2. The fraction of sp³-hybridized carbons (Fsp3) is 0.222. The Bertz CT molecular complexity index is 299. The van der Waals surface area contributed by atoms with E-state index in [1.54, 1.807) is 0 Å². The predicted octanol–water partition coefficient (Wildman–Crippen LogP) is 2.11. The van der Waals surface area contributed by atoms with E-state index in [9.17, 15) is 4.79 Å². The number of nitrogens with zero attached hydrogens (tertiary/aromatic N) is 1. The van der Waals surface area contributed by atoms with Crippen molar-refractivity contribution in [2.24, 2.45) is 0 Å². The minimum absolute atomic E-state index is 0.00511. The van der Waals surface area contributed by atoms with Gasteiger partial charge in [0.05, 0.1) is 12.5 Å². The second-order valence-corrected chi connectivity index (χ2v) is 3.20. The molecule has 0 spiro atoms. The Morgan fingerprint density at radius 3 is 2.50 bits per heavy atom. The van der Waals surface area contributed by atoms with Crippen LogP contribution in [0, 0.1) is 0 Å². The highest BCUT2D eigenvalue weighted by Crippen LogP contribution is 2.35. The predicted molar refractivity (Wildman–Crippen MR) is 46.5 cm³/mol. The lowest BCUT2D eigenvalue weighted by atomic mass is 9.97. The quantitative estimate of drug-likeness (QED) is 0.480. The van der Waals surface area contributed by atoms with Crippen LogP contribution in [0.25, 0.3) is 0 Å². The Morgan fingerprint density at radius 2 is 2.00 bits per heavy atom. The van der Waals surface area contributed by atoms with E-state index in [1.165, 1.54) is 4.42 Å². The van der Waals surface area contributed by atoms with E-state index in [4.69, 9.17) is 11.8 Å². The fourth-order valence-electron chi connectivity index (χ4n) is 1.32. The Morgan fingerprint density at radius 1 is 1.33 bits per heavy atom. The number of carbonyl (C=O) groups excluding carboxylic acids is 1. The summed E-state index contributed by atoms with van der Waals surface area (Å²) in [5.74, 6) is 0.00511. The van der Waals surface area contributed by atoms with Crippen LogP contribution in [-0.2, 0) is 4.79 Å². The molecule has 1 saturated heterocycles. The van der Waals surface area contributed by atoms with Gasteiger partial charge in [0, 0.05) is 11.8 Å². The van der Waals surface area contributed by atoms with Crippen LogP contribution in [0.5, 0.6) is 0 Å². The minimum atomic E-state index is 0.00511. The first-order valence-electron chi connectivity index (χ1n) is 3.82. The molecule has 1 amide bonds. The molecule has 0 aliphatic carbocycles. The molecule has 2 rings (SSSR count). The highest BCUT2D eigenvalue weighted by Gasteiger charge is 2.35. The minimum Gasteiger partial charge on any atom is -0.273 e. The van der Waals surface area contributed by atoms with Gasteiger partial charge in [-0.2, -0.15) is 0 Å². The molecule has 1 aromatic rings. The highest BCUT2D eigenvalue weighted by atomic mass is 35.5. The van der Waals surface area contributed by atoms with Crippen molar-refractivity contribution in [2.75, 3.05) is 0 Å². The second kappa shape index (κ2) is 2.79. The van der Waals surface area contributed by atoms with E-state index in [-0.39, 0.29) is 11.9 Å². The first-order chi connectivity index (χ1) is 5.79. The Kier molecular flexibility index (Phi) is 1.77. The lowest BCUT2D eigenvalue weighted by molar-refractivity contribution is -0.137. The lowest BCUT2D eigenvalue weighted by Crippen LogP contribution is -2.39. The van der Waals surface area contributed by atoms with Crippen LogP contribution in [0.3, 0.4) is 0 Å². The topological polar surface area (TPSA) is 20.3 Å². The molecule has 1 fully saturated rings. The maximum atomic E-state index is 10.8. The van der Waals surface area contributed by atoms with Gasteiger partial charge in [0.1, 0.15) is 0 Å². The van der Waals surface area contributed by atoms with Gasteiger partial charge in [0.15, 0.2) is 0 Å². The van der Waals surface area contributed by atoms with Crippen molar-refractivity contribution in [3.05, 3.63) is 35.9 Å².